The fourth-order valence-corrected chi connectivity index (χ4v) is 3.92. The highest BCUT2D eigenvalue weighted by Gasteiger charge is 2.39. The van der Waals surface area contributed by atoms with E-state index in [4.69, 9.17) is 5.73 Å². The molecule has 2 unspecified atom stereocenters. The van der Waals surface area contributed by atoms with Gasteiger partial charge in [0.15, 0.2) is 0 Å². The lowest BCUT2D eigenvalue weighted by atomic mass is 9.94. The number of hydrogen-bond donors (Lipinski definition) is 2. The zero-order chi connectivity index (χ0) is 18.4. The molecule has 2 aromatic rings. The number of carbonyl (C=O) groups is 2. The van der Waals surface area contributed by atoms with E-state index in [1.54, 1.807) is 4.90 Å². The molecule has 2 heterocycles. The number of anilines is 1. The van der Waals surface area contributed by atoms with Gasteiger partial charge in [0.05, 0.1) is 11.3 Å². The SMILES string of the molecule is Cc1cccc(-c2ccc3c(c2)C(=O)N2CCC(N)CC2C(=O)N3)c1C. The van der Waals surface area contributed by atoms with E-state index in [0.717, 1.165) is 17.5 Å². The van der Waals surface area contributed by atoms with Crippen molar-refractivity contribution >= 4 is 17.5 Å². The van der Waals surface area contributed by atoms with E-state index < -0.39 is 6.04 Å². The normalized spacial score (nSPS) is 22.3. The first kappa shape index (κ1) is 16.8. The quantitative estimate of drug-likeness (QED) is 0.831. The number of carbonyl (C=O) groups excluding carboxylic acids is 2. The molecule has 1 saturated heterocycles. The first-order valence-electron chi connectivity index (χ1n) is 9.04. The van der Waals surface area contributed by atoms with Crippen LogP contribution in [-0.2, 0) is 4.79 Å². The second-order valence-electron chi connectivity index (χ2n) is 7.30. The summed E-state index contributed by atoms with van der Waals surface area (Å²) in [6, 6.07) is 11.3. The third-order valence-electron chi connectivity index (χ3n) is 5.63. The van der Waals surface area contributed by atoms with Crippen LogP contribution in [-0.4, -0.2) is 35.3 Å². The smallest absolute Gasteiger partial charge is 0.256 e. The van der Waals surface area contributed by atoms with Crippen LogP contribution in [0.1, 0.15) is 34.3 Å². The molecule has 2 aliphatic rings. The van der Waals surface area contributed by atoms with Crippen molar-refractivity contribution in [3.63, 3.8) is 0 Å². The van der Waals surface area contributed by atoms with Crippen LogP contribution in [0.15, 0.2) is 36.4 Å². The second-order valence-corrected chi connectivity index (χ2v) is 7.30. The van der Waals surface area contributed by atoms with E-state index in [0.29, 0.717) is 24.2 Å². The molecule has 0 bridgehead atoms. The zero-order valence-corrected chi connectivity index (χ0v) is 15.1. The van der Waals surface area contributed by atoms with Crippen LogP contribution >= 0.6 is 0 Å². The minimum Gasteiger partial charge on any atom is -0.328 e. The average Bonchev–Trinajstić information content (AvgIpc) is 2.73. The third-order valence-corrected chi connectivity index (χ3v) is 5.63. The van der Waals surface area contributed by atoms with Crippen molar-refractivity contribution in [3.05, 3.63) is 53.1 Å². The molecule has 0 aromatic heterocycles. The predicted octanol–water partition coefficient (Wildman–Crippen LogP) is 2.85. The van der Waals surface area contributed by atoms with E-state index >= 15 is 0 Å². The van der Waals surface area contributed by atoms with Gasteiger partial charge in [-0.15, -0.1) is 0 Å². The highest BCUT2D eigenvalue weighted by molar-refractivity contribution is 6.10. The zero-order valence-electron chi connectivity index (χ0n) is 15.1. The van der Waals surface area contributed by atoms with Crippen LogP contribution in [0.4, 0.5) is 5.69 Å². The van der Waals surface area contributed by atoms with E-state index in [1.165, 1.54) is 11.1 Å². The number of amides is 2. The molecule has 2 amide bonds. The molecule has 1 fully saturated rings. The standard InChI is InChI=1S/C21H23N3O2/c1-12-4-3-5-16(13(12)2)14-6-7-18-17(10-14)21(26)24-9-8-15(22)11-19(24)20(25)23-18/h3-7,10,15,19H,8-9,11,22H2,1-2H3,(H,23,25). The molecular formula is C21H23N3O2. The maximum absolute atomic E-state index is 13.2. The summed E-state index contributed by atoms with van der Waals surface area (Å²) in [6.07, 6.45) is 1.23. The molecule has 134 valence electrons. The molecule has 0 radical (unpaired) electrons. The number of piperidine rings is 1. The number of fused-ring (bicyclic) bond motifs is 2. The van der Waals surface area contributed by atoms with Crippen LogP contribution in [0.3, 0.4) is 0 Å². The van der Waals surface area contributed by atoms with Gasteiger partial charge in [-0.25, -0.2) is 0 Å². The Morgan fingerprint density at radius 3 is 2.73 bits per heavy atom. The van der Waals surface area contributed by atoms with Crippen molar-refractivity contribution < 1.29 is 9.59 Å². The first-order valence-corrected chi connectivity index (χ1v) is 9.04. The van der Waals surface area contributed by atoms with E-state index in [2.05, 4.69) is 31.3 Å². The van der Waals surface area contributed by atoms with E-state index in [1.807, 2.05) is 24.3 Å². The summed E-state index contributed by atoms with van der Waals surface area (Å²) < 4.78 is 0. The maximum atomic E-state index is 13.2. The number of nitrogens with two attached hydrogens (primary N) is 1. The Labute approximate surface area is 153 Å². The van der Waals surface area contributed by atoms with Crippen LogP contribution in [0.25, 0.3) is 11.1 Å². The van der Waals surface area contributed by atoms with Crippen molar-refractivity contribution in [1.29, 1.82) is 0 Å². The fourth-order valence-electron chi connectivity index (χ4n) is 3.92. The Kier molecular flexibility index (Phi) is 4.04. The third kappa shape index (κ3) is 2.69. The van der Waals surface area contributed by atoms with Gasteiger partial charge in [-0.1, -0.05) is 24.3 Å². The molecule has 3 N–H and O–H groups in total. The molecule has 5 heteroatoms. The number of rotatable bonds is 1. The van der Waals surface area contributed by atoms with Gasteiger partial charge < -0.3 is 16.0 Å². The van der Waals surface area contributed by atoms with Gasteiger partial charge in [-0.2, -0.15) is 0 Å². The van der Waals surface area contributed by atoms with Crippen LogP contribution in [0, 0.1) is 13.8 Å². The summed E-state index contributed by atoms with van der Waals surface area (Å²) in [5.74, 6) is -0.242. The number of aryl methyl sites for hydroxylation is 1. The molecule has 0 spiro atoms. The Morgan fingerprint density at radius 1 is 1.12 bits per heavy atom. The Balaban J connectivity index is 1.79. The summed E-state index contributed by atoms with van der Waals surface area (Å²) in [6.45, 7) is 4.68. The summed E-state index contributed by atoms with van der Waals surface area (Å²) in [5, 5.41) is 2.92. The number of nitrogens with zero attached hydrogens (tertiary/aromatic N) is 1. The number of hydrogen-bond acceptors (Lipinski definition) is 3. The molecule has 26 heavy (non-hydrogen) atoms. The van der Waals surface area contributed by atoms with E-state index in [-0.39, 0.29) is 17.9 Å². The van der Waals surface area contributed by atoms with Gasteiger partial charge in [-0.05, 0) is 61.1 Å². The van der Waals surface area contributed by atoms with Crippen LogP contribution < -0.4 is 11.1 Å². The maximum Gasteiger partial charge on any atom is 0.256 e. The highest BCUT2D eigenvalue weighted by Crippen LogP contribution is 2.33. The molecule has 0 aliphatic carbocycles. The summed E-state index contributed by atoms with van der Waals surface area (Å²) >= 11 is 0. The molecule has 2 atom stereocenters. The summed E-state index contributed by atoms with van der Waals surface area (Å²) in [4.78, 5) is 27.4. The van der Waals surface area contributed by atoms with E-state index in [9.17, 15) is 9.59 Å². The highest BCUT2D eigenvalue weighted by atomic mass is 16.2. The molecule has 5 nitrogen and oxygen atoms in total. The van der Waals surface area contributed by atoms with Gasteiger partial charge in [0, 0.05) is 12.6 Å². The second kappa shape index (κ2) is 6.25. The van der Waals surface area contributed by atoms with Crippen molar-refractivity contribution in [1.82, 2.24) is 4.90 Å². The molecule has 2 aliphatic heterocycles. The lowest BCUT2D eigenvalue weighted by molar-refractivity contribution is -0.121. The Bertz CT molecular complexity index is 906. The van der Waals surface area contributed by atoms with Crippen molar-refractivity contribution in [2.45, 2.75) is 38.8 Å². The minimum absolute atomic E-state index is 0.0403. The average molecular weight is 349 g/mol. The van der Waals surface area contributed by atoms with Gasteiger partial charge in [0.2, 0.25) is 5.91 Å². The number of benzene rings is 2. The Hall–Kier alpha value is -2.66. The van der Waals surface area contributed by atoms with Gasteiger partial charge in [-0.3, -0.25) is 9.59 Å². The van der Waals surface area contributed by atoms with Crippen LogP contribution in [0.2, 0.25) is 0 Å². The van der Waals surface area contributed by atoms with Crippen molar-refractivity contribution in [2.75, 3.05) is 11.9 Å². The molecule has 0 saturated carbocycles. The van der Waals surface area contributed by atoms with Crippen molar-refractivity contribution in [2.24, 2.45) is 5.73 Å². The topological polar surface area (TPSA) is 75.4 Å². The monoisotopic (exact) mass is 349 g/mol. The van der Waals surface area contributed by atoms with Gasteiger partial charge in [0.1, 0.15) is 6.04 Å². The fraction of sp³-hybridized carbons (Fsp3) is 0.333. The lowest BCUT2D eigenvalue weighted by Gasteiger charge is -2.35. The summed E-state index contributed by atoms with van der Waals surface area (Å²) in [5.41, 5.74) is 11.6. The number of nitrogens with one attached hydrogen (secondary N) is 1. The van der Waals surface area contributed by atoms with Gasteiger partial charge >= 0.3 is 0 Å². The minimum atomic E-state index is -0.484. The predicted molar refractivity (Wildman–Crippen MR) is 102 cm³/mol. The van der Waals surface area contributed by atoms with Crippen LogP contribution in [0.5, 0.6) is 0 Å². The Morgan fingerprint density at radius 2 is 1.92 bits per heavy atom. The largest absolute Gasteiger partial charge is 0.328 e. The first-order chi connectivity index (χ1) is 12.5. The molecular weight excluding hydrogens is 326 g/mol. The lowest BCUT2D eigenvalue weighted by Crippen LogP contribution is -2.53. The molecule has 2 aromatic carbocycles. The van der Waals surface area contributed by atoms with Gasteiger partial charge in [0.25, 0.3) is 5.91 Å². The summed E-state index contributed by atoms with van der Waals surface area (Å²) in [7, 11) is 0. The molecule has 4 rings (SSSR count). The van der Waals surface area contributed by atoms with Crippen molar-refractivity contribution in [3.8, 4) is 11.1 Å².